The second kappa shape index (κ2) is 13.9. The summed E-state index contributed by atoms with van der Waals surface area (Å²) in [4.78, 5) is 36.2. The number of halogens is 1. The van der Waals surface area contributed by atoms with Crippen LogP contribution in [0.3, 0.4) is 0 Å². The molecule has 3 atom stereocenters. The molecule has 2 N–H and O–H groups in total. The SMILES string of the molecule is C=C(c1cc(Cl)ccc1[C@@H](C1C=CC=CN1)N1CCN(C(=O)OC2(CC)CC2)CC1)C(NC(=O)OC1(C)CC1)C(=C)N(C)C=NC. The fourth-order valence-corrected chi connectivity index (χ4v) is 6.24. The Morgan fingerprint density at radius 2 is 1.89 bits per heavy atom. The molecule has 2 amide bonds. The van der Waals surface area contributed by atoms with Crippen LogP contribution in [0.5, 0.6) is 0 Å². The number of hydrogen-bond acceptors (Lipinski definition) is 7. The quantitative estimate of drug-likeness (QED) is 0.215. The van der Waals surface area contributed by atoms with Crippen molar-refractivity contribution in [2.45, 2.75) is 75.3 Å². The summed E-state index contributed by atoms with van der Waals surface area (Å²) >= 11 is 6.64. The Kier molecular flexibility index (Phi) is 10.2. The minimum Gasteiger partial charge on any atom is -0.443 e. The van der Waals surface area contributed by atoms with Crippen LogP contribution in [0.15, 0.2) is 66.5 Å². The number of allylic oxidation sites excluding steroid dienone is 2. The van der Waals surface area contributed by atoms with E-state index in [1.54, 1.807) is 18.3 Å². The standard InChI is InChI=1S/C35H47ClN6O4/c1-7-35(15-16-35)46-33(44)42-20-18-41(19-21-42)31(29-10-8-9-17-38-29)27-12-11-26(36)22-28(27)24(2)30(25(3)40(6)23-37-5)39-32(43)45-34(4)13-14-34/h8-12,17,22-23,29-31,38H,2-3,7,13-16,18-21H2,1,4-6H3,(H,39,43)/t29?,30?,31-/m0/s1. The third kappa shape index (κ3) is 7.78. The molecular formula is C35H47ClN6O4. The molecule has 1 aromatic carbocycles. The smallest absolute Gasteiger partial charge is 0.410 e. The molecule has 2 saturated carbocycles. The number of nitrogens with zero attached hydrogens (tertiary/aromatic N) is 4. The molecule has 11 heteroatoms. The number of dihydropyridines is 1. The van der Waals surface area contributed by atoms with Crippen molar-refractivity contribution in [1.29, 1.82) is 0 Å². The number of aliphatic imine (C=N–C) groups is 1. The number of nitrogens with one attached hydrogen (secondary N) is 2. The predicted octanol–water partition coefficient (Wildman–Crippen LogP) is 5.88. The first-order chi connectivity index (χ1) is 22.0. The minimum absolute atomic E-state index is 0.0738. The van der Waals surface area contributed by atoms with Gasteiger partial charge in [-0.05, 0) is 80.1 Å². The van der Waals surface area contributed by atoms with E-state index in [1.165, 1.54) is 0 Å². The normalized spacial score (nSPS) is 22.4. The summed E-state index contributed by atoms with van der Waals surface area (Å²) in [6.07, 6.45) is 13.3. The Labute approximate surface area is 277 Å². The van der Waals surface area contributed by atoms with Crippen molar-refractivity contribution in [3.63, 3.8) is 0 Å². The third-order valence-corrected chi connectivity index (χ3v) is 9.77. The van der Waals surface area contributed by atoms with Gasteiger partial charge in [-0.15, -0.1) is 0 Å². The lowest BCUT2D eigenvalue weighted by molar-refractivity contribution is 0.0262. The number of alkyl carbamates (subject to hydrolysis) is 1. The monoisotopic (exact) mass is 650 g/mol. The van der Waals surface area contributed by atoms with Gasteiger partial charge in [0.2, 0.25) is 0 Å². The van der Waals surface area contributed by atoms with E-state index in [4.69, 9.17) is 21.1 Å². The Hall–Kier alpha value is -3.76. The van der Waals surface area contributed by atoms with Crippen molar-refractivity contribution in [3.8, 4) is 0 Å². The van der Waals surface area contributed by atoms with Gasteiger partial charge in [0.25, 0.3) is 0 Å². The summed E-state index contributed by atoms with van der Waals surface area (Å²) in [5.41, 5.74) is 2.26. The first kappa shape index (κ1) is 33.6. The van der Waals surface area contributed by atoms with Crippen LogP contribution in [0.25, 0.3) is 5.57 Å². The summed E-state index contributed by atoms with van der Waals surface area (Å²) < 4.78 is 11.6. The van der Waals surface area contributed by atoms with E-state index in [2.05, 4.69) is 46.7 Å². The molecule has 0 aromatic heterocycles. The van der Waals surface area contributed by atoms with Crippen LogP contribution in [0.2, 0.25) is 5.02 Å². The van der Waals surface area contributed by atoms with E-state index < -0.39 is 17.7 Å². The fourth-order valence-electron chi connectivity index (χ4n) is 6.07. The molecule has 46 heavy (non-hydrogen) atoms. The number of hydrogen-bond donors (Lipinski definition) is 2. The lowest BCUT2D eigenvalue weighted by Crippen LogP contribution is -2.53. The summed E-state index contributed by atoms with van der Waals surface area (Å²) in [6.45, 7) is 15.2. The van der Waals surface area contributed by atoms with Gasteiger partial charge < -0.3 is 29.9 Å². The second-order valence-electron chi connectivity index (χ2n) is 13.0. The average molecular weight is 651 g/mol. The largest absolute Gasteiger partial charge is 0.443 e. The van der Waals surface area contributed by atoms with Gasteiger partial charge in [-0.25, -0.2) is 9.59 Å². The first-order valence-electron chi connectivity index (χ1n) is 16.1. The van der Waals surface area contributed by atoms with Gasteiger partial charge in [-0.2, -0.15) is 0 Å². The maximum absolute atomic E-state index is 13.1. The van der Waals surface area contributed by atoms with Crippen molar-refractivity contribution < 1.29 is 19.1 Å². The van der Waals surface area contributed by atoms with Crippen molar-refractivity contribution >= 4 is 35.7 Å². The van der Waals surface area contributed by atoms with Gasteiger partial charge in [-0.3, -0.25) is 9.89 Å². The number of ether oxygens (including phenoxy) is 2. The van der Waals surface area contributed by atoms with Crippen LogP contribution in [0, 0.1) is 0 Å². The van der Waals surface area contributed by atoms with Gasteiger partial charge in [-0.1, -0.05) is 49.9 Å². The van der Waals surface area contributed by atoms with Gasteiger partial charge in [0.05, 0.1) is 24.5 Å². The number of piperazine rings is 1. The molecule has 5 rings (SSSR count). The van der Waals surface area contributed by atoms with Crippen molar-refractivity contribution in [2.24, 2.45) is 4.99 Å². The molecule has 0 spiro atoms. The Bertz CT molecular complexity index is 1420. The lowest BCUT2D eigenvalue weighted by Gasteiger charge is -2.43. The zero-order valence-electron chi connectivity index (χ0n) is 27.4. The van der Waals surface area contributed by atoms with E-state index >= 15 is 0 Å². The molecule has 4 aliphatic rings. The molecule has 1 saturated heterocycles. The Balaban J connectivity index is 1.44. The van der Waals surface area contributed by atoms with E-state index in [0.29, 0.717) is 42.5 Å². The van der Waals surface area contributed by atoms with E-state index in [1.807, 2.05) is 55.4 Å². The number of rotatable bonds is 12. The van der Waals surface area contributed by atoms with Crippen LogP contribution >= 0.6 is 11.6 Å². The van der Waals surface area contributed by atoms with Gasteiger partial charge in [0.15, 0.2) is 0 Å². The number of amides is 2. The maximum atomic E-state index is 13.1. The fraction of sp³-hybridized carbons (Fsp3) is 0.514. The number of carbonyl (C=O) groups excluding carboxylic acids is 2. The van der Waals surface area contributed by atoms with Crippen LogP contribution in [0.4, 0.5) is 9.59 Å². The molecular weight excluding hydrogens is 604 g/mol. The first-order valence-corrected chi connectivity index (χ1v) is 16.5. The molecule has 248 valence electrons. The highest BCUT2D eigenvalue weighted by molar-refractivity contribution is 6.30. The molecule has 2 aliphatic carbocycles. The lowest BCUT2D eigenvalue weighted by atomic mass is 9.86. The Morgan fingerprint density at radius 3 is 2.48 bits per heavy atom. The van der Waals surface area contributed by atoms with Crippen molar-refractivity contribution in [1.82, 2.24) is 25.3 Å². The molecule has 2 aliphatic heterocycles. The highest BCUT2D eigenvalue weighted by atomic mass is 35.5. The summed E-state index contributed by atoms with van der Waals surface area (Å²) in [7, 11) is 3.50. The van der Waals surface area contributed by atoms with Crippen LogP contribution in [0.1, 0.15) is 63.1 Å². The third-order valence-electron chi connectivity index (χ3n) is 9.54. The number of likely N-dealkylation sites (N-methyl/N-ethyl adjacent to an activating group) is 1. The molecule has 2 unspecified atom stereocenters. The molecule has 0 bridgehead atoms. The van der Waals surface area contributed by atoms with Gasteiger partial charge in [0.1, 0.15) is 11.2 Å². The Morgan fingerprint density at radius 1 is 1.17 bits per heavy atom. The van der Waals surface area contributed by atoms with E-state index in [9.17, 15) is 9.59 Å². The maximum Gasteiger partial charge on any atom is 0.410 e. The molecule has 10 nitrogen and oxygen atoms in total. The number of carbonyl (C=O) groups is 2. The van der Waals surface area contributed by atoms with E-state index in [0.717, 1.165) is 43.2 Å². The highest BCUT2D eigenvalue weighted by Gasteiger charge is 2.46. The number of benzene rings is 1. The molecule has 0 radical (unpaired) electrons. The van der Waals surface area contributed by atoms with Crippen molar-refractivity contribution in [3.05, 3.63) is 77.6 Å². The van der Waals surface area contributed by atoms with Crippen LogP contribution in [-0.4, -0.2) is 96.8 Å². The topological polar surface area (TPSA) is 98.7 Å². The minimum atomic E-state index is -0.703. The van der Waals surface area contributed by atoms with Crippen LogP contribution < -0.4 is 10.6 Å². The summed E-state index contributed by atoms with van der Waals surface area (Å²) in [5, 5.41) is 7.09. The average Bonchev–Trinajstić information content (AvgIpc) is 3.99. The zero-order valence-corrected chi connectivity index (χ0v) is 28.2. The predicted molar refractivity (Wildman–Crippen MR) is 183 cm³/mol. The van der Waals surface area contributed by atoms with Crippen LogP contribution in [-0.2, 0) is 9.47 Å². The molecule has 3 fully saturated rings. The summed E-state index contributed by atoms with van der Waals surface area (Å²) in [5.74, 6) is 0. The van der Waals surface area contributed by atoms with Gasteiger partial charge in [0, 0.05) is 51.0 Å². The van der Waals surface area contributed by atoms with E-state index in [-0.39, 0.29) is 23.8 Å². The van der Waals surface area contributed by atoms with Gasteiger partial charge >= 0.3 is 12.2 Å². The molecule has 2 heterocycles. The second-order valence-corrected chi connectivity index (χ2v) is 13.4. The highest BCUT2D eigenvalue weighted by Crippen LogP contribution is 2.43. The summed E-state index contributed by atoms with van der Waals surface area (Å²) in [6, 6.07) is 4.88. The molecule has 1 aromatic rings. The van der Waals surface area contributed by atoms with Crippen molar-refractivity contribution in [2.75, 3.05) is 40.3 Å². The zero-order chi connectivity index (χ0) is 33.1.